The third kappa shape index (κ3) is 2.90. The molecule has 0 radical (unpaired) electrons. The van der Waals surface area contributed by atoms with Gasteiger partial charge in [-0.3, -0.25) is 0 Å². The quantitative estimate of drug-likeness (QED) is 0.784. The van der Waals surface area contributed by atoms with E-state index in [1.165, 1.54) is 5.69 Å². The van der Waals surface area contributed by atoms with E-state index in [0.717, 1.165) is 28.5 Å². The molecule has 132 valence electrons. The second kappa shape index (κ2) is 6.55. The van der Waals surface area contributed by atoms with Gasteiger partial charge in [0.15, 0.2) is 0 Å². The number of aromatic nitrogens is 3. The van der Waals surface area contributed by atoms with Crippen LogP contribution in [0, 0.1) is 0 Å². The summed E-state index contributed by atoms with van der Waals surface area (Å²) in [7, 11) is 5.75. The smallest absolute Gasteiger partial charge is 0.226 e. The van der Waals surface area contributed by atoms with Gasteiger partial charge in [-0.25, -0.2) is 4.68 Å². The first kappa shape index (κ1) is 16.2. The van der Waals surface area contributed by atoms with Crippen LogP contribution in [0.15, 0.2) is 60.9 Å². The van der Waals surface area contributed by atoms with Crippen LogP contribution in [0.3, 0.4) is 0 Å². The molecular weight excluding hydrogens is 326 g/mol. The van der Waals surface area contributed by atoms with Crippen LogP contribution in [0.5, 0.6) is 5.75 Å². The summed E-state index contributed by atoms with van der Waals surface area (Å²) in [5, 5.41) is 7.76. The molecular formula is C20H21N5O. The predicted octanol–water partition coefficient (Wildman–Crippen LogP) is 3.41. The van der Waals surface area contributed by atoms with Crippen LogP contribution in [0.4, 0.5) is 11.6 Å². The van der Waals surface area contributed by atoms with Gasteiger partial charge in [0, 0.05) is 25.5 Å². The van der Waals surface area contributed by atoms with Crippen molar-refractivity contribution in [2.45, 2.75) is 6.04 Å². The normalized spacial score (nSPS) is 15.7. The lowest BCUT2D eigenvalue weighted by molar-refractivity contribution is 0.415. The zero-order valence-electron chi connectivity index (χ0n) is 15.0. The Morgan fingerprint density at radius 2 is 1.77 bits per heavy atom. The molecule has 2 aromatic carbocycles. The molecule has 1 aromatic heterocycles. The number of hydrogen-bond donors (Lipinski definition) is 1. The van der Waals surface area contributed by atoms with Gasteiger partial charge in [0.2, 0.25) is 5.95 Å². The number of nitrogens with zero attached hydrogens (tertiary/aromatic N) is 4. The van der Waals surface area contributed by atoms with Crippen molar-refractivity contribution in [3.63, 3.8) is 0 Å². The molecule has 0 spiro atoms. The van der Waals surface area contributed by atoms with Gasteiger partial charge in [0.05, 0.1) is 7.11 Å². The molecule has 0 amide bonds. The Morgan fingerprint density at radius 1 is 1.04 bits per heavy atom. The summed E-state index contributed by atoms with van der Waals surface area (Å²) < 4.78 is 7.15. The lowest BCUT2D eigenvalue weighted by Crippen LogP contribution is -2.20. The third-order valence-electron chi connectivity index (χ3n) is 4.56. The second-order valence-electron chi connectivity index (χ2n) is 6.39. The molecule has 1 atom stereocenters. The minimum absolute atomic E-state index is 0.0120. The molecule has 1 aliphatic heterocycles. The number of allylic oxidation sites excluding steroid dienone is 1. The molecule has 0 saturated carbocycles. The number of hydrogen-bond acceptors (Lipinski definition) is 5. The largest absolute Gasteiger partial charge is 0.497 e. The number of nitrogens with one attached hydrogen (secondary N) is 1. The van der Waals surface area contributed by atoms with E-state index in [1.54, 1.807) is 13.4 Å². The number of fused-ring (bicyclic) bond motifs is 1. The van der Waals surface area contributed by atoms with Crippen molar-refractivity contribution in [1.29, 1.82) is 0 Å². The monoisotopic (exact) mass is 347 g/mol. The summed E-state index contributed by atoms with van der Waals surface area (Å²) in [5.74, 6) is 1.57. The van der Waals surface area contributed by atoms with E-state index in [2.05, 4.69) is 50.6 Å². The third-order valence-corrected chi connectivity index (χ3v) is 4.56. The summed E-state index contributed by atoms with van der Waals surface area (Å²) in [6.07, 6.45) is 3.75. The molecule has 1 unspecified atom stereocenters. The molecule has 26 heavy (non-hydrogen) atoms. The minimum atomic E-state index is -0.0120. The van der Waals surface area contributed by atoms with E-state index in [9.17, 15) is 0 Å². The van der Waals surface area contributed by atoms with Crippen LogP contribution in [0.1, 0.15) is 17.2 Å². The highest BCUT2D eigenvalue weighted by Gasteiger charge is 2.23. The Balaban J connectivity index is 1.73. The fourth-order valence-electron chi connectivity index (χ4n) is 3.08. The maximum Gasteiger partial charge on any atom is 0.226 e. The van der Waals surface area contributed by atoms with E-state index in [0.29, 0.717) is 0 Å². The Bertz CT molecular complexity index is 926. The van der Waals surface area contributed by atoms with Gasteiger partial charge >= 0.3 is 0 Å². The zero-order valence-corrected chi connectivity index (χ0v) is 15.0. The van der Waals surface area contributed by atoms with Crippen molar-refractivity contribution in [3.8, 4) is 5.75 Å². The molecule has 4 rings (SSSR count). The van der Waals surface area contributed by atoms with Crippen LogP contribution >= 0.6 is 0 Å². The van der Waals surface area contributed by atoms with E-state index in [4.69, 9.17) is 4.74 Å². The van der Waals surface area contributed by atoms with Crippen molar-refractivity contribution in [2.24, 2.45) is 0 Å². The van der Waals surface area contributed by atoms with E-state index in [-0.39, 0.29) is 6.04 Å². The fraction of sp³-hybridized carbons (Fsp3) is 0.200. The molecule has 2 heterocycles. The van der Waals surface area contributed by atoms with Gasteiger partial charge in [-0.05, 0) is 53.6 Å². The Kier molecular flexibility index (Phi) is 4.08. The van der Waals surface area contributed by atoms with E-state index < -0.39 is 0 Å². The van der Waals surface area contributed by atoms with Gasteiger partial charge in [0.25, 0.3) is 0 Å². The summed E-state index contributed by atoms with van der Waals surface area (Å²) in [4.78, 5) is 6.44. The molecule has 6 heteroatoms. The lowest BCUT2D eigenvalue weighted by Gasteiger charge is -2.25. The average Bonchev–Trinajstić information content (AvgIpc) is 3.16. The Morgan fingerprint density at radius 3 is 2.42 bits per heavy atom. The maximum atomic E-state index is 5.25. The summed E-state index contributed by atoms with van der Waals surface area (Å²) in [5.41, 5.74) is 4.42. The van der Waals surface area contributed by atoms with Crippen molar-refractivity contribution in [1.82, 2.24) is 14.8 Å². The van der Waals surface area contributed by atoms with Gasteiger partial charge in [-0.1, -0.05) is 12.1 Å². The number of ether oxygens (including phenoxy) is 1. The zero-order chi connectivity index (χ0) is 18.1. The summed E-state index contributed by atoms with van der Waals surface area (Å²) in [6, 6.07) is 16.5. The van der Waals surface area contributed by atoms with Crippen LogP contribution < -0.4 is 15.0 Å². The van der Waals surface area contributed by atoms with Gasteiger partial charge in [-0.2, -0.15) is 10.1 Å². The van der Waals surface area contributed by atoms with E-state index in [1.807, 2.05) is 43.0 Å². The van der Waals surface area contributed by atoms with Crippen LogP contribution in [0.2, 0.25) is 0 Å². The number of methoxy groups -OCH3 is 1. The molecule has 0 aliphatic carbocycles. The van der Waals surface area contributed by atoms with Gasteiger partial charge in [0.1, 0.15) is 18.1 Å². The Labute approximate surface area is 152 Å². The summed E-state index contributed by atoms with van der Waals surface area (Å²) in [6.45, 7) is 0. The first-order chi connectivity index (χ1) is 12.7. The predicted molar refractivity (Wildman–Crippen MR) is 104 cm³/mol. The molecule has 1 aliphatic rings. The topological polar surface area (TPSA) is 55.2 Å². The molecule has 6 nitrogen and oxygen atoms in total. The van der Waals surface area contributed by atoms with Crippen LogP contribution in [0.25, 0.3) is 5.70 Å². The number of anilines is 2. The second-order valence-corrected chi connectivity index (χ2v) is 6.39. The first-order valence-corrected chi connectivity index (χ1v) is 8.46. The van der Waals surface area contributed by atoms with Gasteiger partial charge in [-0.15, -0.1) is 0 Å². The highest BCUT2D eigenvalue weighted by molar-refractivity contribution is 5.77. The molecule has 3 aromatic rings. The van der Waals surface area contributed by atoms with Crippen molar-refractivity contribution < 1.29 is 4.74 Å². The van der Waals surface area contributed by atoms with Crippen molar-refractivity contribution in [3.05, 3.63) is 72.1 Å². The molecule has 1 N–H and O–H groups in total. The van der Waals surface area contributed by atoms with Crippen molar-refractivity contribution >= 4 is 17.3 Å². The molecule has 0 bridgehead atoms. The van der Waals surface area contributed by atoms with Crippen LogP contribution in [-0.4, -0.2) is 36.0 Å². The minimum Gasteiger partial charge on any atom is -0.497 e. The highest BCUT2D eigenvalue weighted by atomic mass is 16.5. The number of benzene rings is 2. The molecule has 0 fully saturated rings. The van der Waals surface area contributed by atoms with Gasteiger partial charge < -0.3 is 15.0 Å². The Hall–Kier alpha value is -3.28. The number of rotatable bonds is 4. The average molecular weight is 347 g/mol. The molecule has 0 saturated heterocycles. The lowest BCUT2D eigenvalue weighted by atomic mass is 10.0. The maximum absolute atomic E-state index is 5.25. The van der Waals surface area contributed by atoms with Crippen molar-refractivity contribution in [2.75, 3.05) is 31.4 Å². The van der Waals surface area contributed by atoms with Crippen LogP contribution in [-0.2, 0) is 0 Å². The SMILES string of the molecule is COc1ccc(C2=CC(c3ccc(N(C)C)cc3)n3ncnc3N2)cc1. The van der Waals surface area contributed by atoms with E-state index >= 15 is 0 Å². The standard InChI is InChI=1S/C20H21N5O/c1-24(2)16-8-4-15(5-9-16)19-12-18(23-20-21-13-22-25(19)20)14-6-10-17(26-3)11-7-14/h4-13,19H,1-3H3,(H,21,22,23). The highest BCUT2D eigenvalue weighted by Crippen LogP contribution is 2.32. The summed E-state index contributed by atoms with van der Waals surface area (Å²) >= 11 is 0. The fourth-order valence-corrected chi connectivity index (χ4v) is 3.08. The first-order valence-electron chi connectivity index (χ1n) is 8.46.